The second-order valence-corrected chi connectivity index (χ2v) is 4.51. The van der Waals surface area contributed by atoms with E-state index in [1.165, 1.54) is 19.1 Å². The van der Waals surface area contributed by atoms with E-state index >= 15 is 0 Å². The number of phenolic OH excluding ortho intramolecular Hbond substituents is 2. The number of aromatic hydroxyl groups is 2. The van der Waals surface area contributed by atoms with Crippen LogP contribution in [-0.4, -0.2) is 56.0 Å². The third kappa shape index (κ3) is 9.69. The van der Waals surface area contributed by atoms with Gasteiger partial charge in [-0.25, -0.2) is 4.79 Å². The molecule has 0 radical (unpaired) electrons. The van der Waals surface area contributed by atoms with Crippen LogP contribution in [0.25, 0.3) is 0 Å². The number of aliphatic hydroxyl groups is 1. The summed E-state index contributed by atoms with van der Waals surface area (Å²) in [6, 6.07) is 4.62. The number of aliphatic carboxylic acids is 2. The van der Waals surface area contributed by atoms with Crippen LogP contribution in [0.3, 0.4) is 0 Å². The lowest BCUT2D eigenvalue weighted by molar-refractivity contribution is -0.152. The lowest BCUT2D eigenvalue weighted by Gasteiger charge is -2.04. The van der Waals surface area contributed by atoms with E-state index in [4.69, 9.17) is 20.4 Å². The molecule has 0 heterocycles. The number of rotatable bonds is 6. The fourth-order valence-electron chi connectivity index (χ4n) is 1.36. The average Bonchev–Trinajstić information content (AvgIpc) is 2.42. The molecule has 1 unspecified atom stereocenters. The van der Waals surface area contributed by atoms with Crippen LogP contribution >= 0.6 is 0 Å². The maximum Gasteiger partial charge on any atom is 0.333 e. The molecule has 1 aromatic rings. The first kappa shape index (κ1) is 20.2. The number of carbonyl (C=O) groups excluding carboxylic acids is 1. The Balaban J connectivity index is 0.000000468. The number of hydrogen-bond acceptors (Lipinski definition) is 6. The van der Waals surface area contributed by atoms with Crippen molar-refractivity contribution in [2.45, 2.75) is 25.9 Å². The second kappa shape index (κ2) is 10.0. The molecule has 1 atom stereocenters. The maximum atomic E-state index is 10.6. The highest BCUT2D eigenvalue weighted by atomic mass is 16.4. The summed E-state index contributed by atoms with van der Waals surface area (Å²) in [5, 5.41) is 45.0. The zero-order chi connectivity index (χ0) is 18.0. The Bertz CT molecular complexity index is 558. The van der Waals surface area contributed by atoms with Crippen molar-refractivity contribution in [2.75, 3.05) is 6.54 Å². The highest BCUT2D eigenvalue weighted by Crippen LogP contribution is 2.24. The van der Waals surface area contributed by atoms with Crippen LogP contribution in [0.1, 0.15) is 18.9 Å². The summed E-state index contributed by atoms with van der Waals surface area (Å²) in [4.78, 5) is 30.0. The van der Waals surface area contributed by atoms with Crippen LogP contribution in [0.4, 0.5) is 0 Å². The van der Waals surface area contributed by atoms with Crippen LogP contribution in [0.2, 0.25) is 0 Å². The minimum Gasteiger partial charge on any atom is -0.504 e. The minimum absolute atomic E-state index is 0.0759. The molecule has 1 aromatic carbocycles. The van der Waals surface area contributed by atoms with Crippen LogP contribution in [0, 0.1) is 0 Å². The van der Waals surface area contributed by atoms with Crippen molar-refractivity contribution in [1.82, 2.24) is 5.32 Å². The second-order valence-electron chi connectivity index (χ2n) is 4.51. The predicted octanol–water partition coefficient (Wildman–Crippen LogP) is -0.317. The first-order valence-electron chi connectivity index (χ1n) is 6.51. The summed E-state index contributed by atoms with van der Waals surface area (Å²) in [5.74, 6) is -3.19. The number of carboxylic acid groups (broad SMARTS) is 2. The highest BCUT2D eigenvalue weighted by molar-refractivity contribution is 5.79. The lowest BCUT2D eigenvalue weighted by Crippen LogP contribution is -2.22. The minimum atomic E-state index is -1.79. The lowest BCUT2D eigenvalue weighted by atomic mass is 10.1. The molecule has 0 bridgehead atoms. The van der Waals surface area contributed by atoms with Gasteiger partial charge in [0.2, 0.25) is 5.91 Å². The van der Waals surface area contributed by atoms with Crippen molar-refractivity contribution in [3.8, 4) is 11.5 Å². The summed E-state index contributed by atoms with van der Waals surface area (Å²) in [6.45, 7) is 1.98. The summed E-state index contributed by atoms with van der Waals surface area (Å²) >= 11 is 0. The predicted molar refractivity (Wildman–Crippen MR) is 78.1 cm³/mol. The Morgan fingerprint density at radius 3 is 2.13 bits per heavy atom. The van der Waals surface area contributed by atoms with Crippen LogP contribution < -0.4 is 5.32 Å². The topological polar surface area (TPSA) is 164 Å². The van der Waals surface area contributed by atoms with Crippen molar-refractivity contribution in [3.05, 3.63) is 23.8 Å². The number of aliphatic hydroxyl groups excluding tert-OH is 1. The molecule has 0 aliphatic carbocycles. The van der Waals surface area contributed by atoms with Crippen molar-refractivity contribution < 1.29 is 39.9 Å². The molecule has 0 aliphatic rings. The number of phenols is 2. The Kier molecular flexibility index (Phi) is 8.78. The molecule has 9 nitrogen and oxygen atoms in total. The monoisotopic (exact) mass is 329 g/mol. The normalized spacial score (nSPS) is 10.9. The quantitative estimate of drug-likeness (QED) is 0.387. The average molecular weight is 329 g/mol. The third-order valence-corrected chi connectivity index (χ3v) is 2.48. The number of carbonyl (C=O) groups is 3. The SMILES string of the molecule is CC(=O)NCCc1ccc(O)c(O)c1.O=C(O)CC(O)C(=O)O. The zero-order valence-electron chi connectivity index (χ0n) is 12.4. The molecule has 0 spiro atoms. The Morgan fingerprint density at radius 2 is 1.74 bits per heavy atom. The summed E-state index contributed by atoms with van der Waals surface area (Å²) in [5.41, 5.74) is 0.869. The highest BCUT2D eigenvalue weighted by Gasteiger charge is 2.16. The summed E-state index contributed by atoms with van der Waals surface area (Å²) < 4.78 is 0. The van der Waals surface area contributed by atoms with Crippen molar-refractivity contribution in [2.24, 2.45) is 0 Å². The number of amides is 1. The van der Waals surface area contributed by atoms with E-state index in [1.54, 1.807) is 6.07 Å². The van der Waals surface area contributed by atoms with Gasteiger partial charge in [0.15, 0.2) is 17.6 Å². The van der Waals surface area contributed by atoms with Gasteiger partial charge in [-0.1, -0.05) is 6.07 Å². The maximum absolute atomic E-state index is 10.6. The van der Waals surface area contributed by atoms with Crippen molar-refractivity contribution in [1.29, 1.82) is 0 Å². The number of carboxylic acids is 2. The van der Waals surface area contributed by atoms with Crippen LogP contribution in [0.15, 0.2) is 18.2 Å². The zero-order valence-corrected chi connectivity index (χ0v) is 12.4. The van der Waals surface area contributed by atoms with Crippen LogP contribution in [0.5, 0.6) is 11.5 Å². The molecule has 0 aliphatic heterocycles. The Hall–Kier alpha value is -2.81. The number of hydrogen-bond donors (Lipinski definition) is 6. The molecule has 1 amide bonds. The van der Waals surface area contributed by atoms with Gasteiger partial charge in [0.1, 0.15) is 0 Å². The van der Waals surface area contributed by atoms with Crippen molar-refractivity contribution >= 4 is 17.8 Å². The first-order chi connectivity index (χ1) is 10.6. The van der Waals surface area contributed by atoms with Gasteiger partial charge in [0.25, 0.3) is 0 Å². The van der Waals surface area contributed by atoms with Gasteiger partial charge in [-0.2, -0.15) is 0 Å². The molecule has 0 saturated heterocycles. The van der Waals surface area contributed by atoms with Crippen LogP contribution in [-0.2, 0) is 20.8 Å². The van der Waals surface area contributed by atoms with Gasteiger partial charge < -0.3 is 30.8 Å². The molecule has 128 valence electrons. The summed E-state index contributed by atoms with van der Waals surface area (Å²) in [7, 11) is 0. The third-order valence-electron chi connectivity index (χ3n) is 2.48. The molecule has 1 rings (SSSR count). The Morgan fingerprint density at radius 1 is 1.13 bits per heavy atom. The van der Waals surface area contributed by atoms with Gasteiger partial charge in [0, 0.05) is 13.5 Å². The van der Waals surface area contributed by atoms with E-state index in [1.807, 2.05) is 0 Å². The molecule has 23 heavy (non-hydrogen) atoms. The van der Waals surface area contributed by atoms with Gasteiger partial charge in [-0.3, -0.25) is 9.59 Å². The first-order valence-corrected chi connectivity index (χ1v) is 6.51. The molecule has 0 saturated carbocycles. The fraction of sp³-hybridized carbons (Fsp3) is 0.357. The van der Waals surface area contributed by atoms with E-state index in [9.17, 15) is 19.5 Å². The Labute approximate surface area is 131 Å². The van der Waals surface area contributed by atoms with Gasteiger partial charge in [-0.05, 0) is 24.1 Å². The van der Waals surface area contributed by atoms with Crippen molar-refractivity contribution in [3.63, 3.8) is 0 Å². The summed E-state index contributed by atoms with van der Waals surface area (Å²) in [6.07, 6.45) is -1.91. The molecule has 9 heteroatoms. The molecule has 0 aromatic heterocycles. The van der Waals surface area contributed by atoms with E-state index in [0.29, 0.717) is 13.0 Å². The van der Waals surface area contributed by atoms with E-state index in [2.05, 4.69) is 5.32 Å². The largest absolute Gasteiger partial charge is 0.504 e. The smallest absolute Gasteiger partial charge is 0.333 e. The molecule has 6 N–H and O–H groups in total. The van der Waals surface area contributed by atoms with E-state index < -0.39 is 24.5 Å². The standard InChI is InChI=1S/C10H13NO3.C4H6O5/c1-7(12)11-5-4-8-2-3-9(13)10(14)6-8;5-2(4(8)9)1-3(6)7/h2-3,6,13-14H,4-5H2,1H3,(H,11,12);2,5H,1H2,(H,6,7)(H,8,9). The van der Waals surface area contributed by atoms with E-state index in [-0.39, 0.29) is 17.4 Å². The molecular formula is C14H19NO8. The van der Waals surface area contributed by atoms with Gasteiger partial charge >= 0.3 is 11.9 Å². The molecular weight excluding hydrogens is 310 g/mol. The molecule has 0 fully saturated rings. The number of benzene rings is 1. The number of nitrogens with one attached hydrogen (secondary N) is 1. The van der Waals surface area contributed by atoms with Gasteiger partial charge in [0.05, 0.1) is 6.42 Å². The fourth-order valence-corrected chi connectivity index (χ4v) is 1.36. The van der Waals surface area contributed by atoms with Gasteiger partial charge in [-0.15, -0.1) is 0 Å². The van der Waals surface area contributed by atoms with E-state index in [0.717, 1.165) is 5.56 Å².